The quantitative estimate of drug-likeness (QED) is 0.436. The van der Waals surface area contributed by atoms with Gasteiger partial charge in [0, 0.05) is 6.61 Å². The van der Waals surface area contributed by atoms with Crippen LogP contribution in [0.3, 0.4) is 0 Å². The maximum Gasteiger partial charge on any atom is 0.293 e. The standard InChI is InChI=1S/C9H18O3/c1-4-5-6-11-7-9(2,3)12-8-10/h8H,4-7H2,1-3H3. The molecule has 0 aliphatic carbocycles. The summed E-state index contributed by atoms with van der Waals surface area (Å²) in [6.07, 6.45) is 2.17. The van der Waals surface area contributed by atoms with Crippen LogP contribution in [0.4, 0.5) is 0 Å². The minimum Gasteiger partial charge on any atom is -0.459 e. The van der Waals surface area contributed by atoms with Gasteiger partial charge in [-0.1, -0.05) is 13.3 Å². The molecule has 0 saturated carbocycles. The van der Waals surface area contributed by atoms with Crippen molar-refractivity contribution in [2.45, 2.75) is 39.2 Å². The van der Waals surface area contributed by atoms with Crippen LogP contribution in [0, 0.1) is 0 Å². The molecule has 0 aromatic rings. The molecule has 0 aromatic carbocycles. The van der Waals surface area contributed by atoms with Gasteiger partial charge in [0.25, 0.3) is 6.47 Å². The molecular weight excluding hydrogens is 156 g/mol. The Morgan fingerprint density at radius 3 is 2.58 bits per heavy atom. The van der Waals surface area contributed by atoms with E-state index < -0.39 is 5.60 Å². The van der Waals surface area contributed by atoms with Crippen LogP contribution in [0.1, 0.15) is 33.6 Å². The highest BCUT2D eigenvalue weighted by Gasteiger charge is 2.18. The summed E-state index contributed by atoms with van der Waals surface area (Å²) in [6.45, 7) is 7.42. The summed E-state index contributed by atoms with van der Waals surface area (Å²) in [5.41, 5.74) is -0.491. The molecule has 0 bridgehead atoms. The molecule has 0 aliphatic heterocycles. The monoisotopic (exact) mass is 174 g/mol. The third-order valence-electron chi connectivity index (χ3n) is 1.46. The molecule has 0 radical (unpaired) electrons. The second-order valence-corrected chi connectivity index (χ2v) is 3.38. The van der Waals surface area contributed by atoms with Crippen molar-refractivity contribution in [3.05, 3.63) is 0 Å². The Labute approximate surface area is 74.0 Å². The number of carbonyl (C=O) groups excluding carboxylic acids is 1. The summed E-state index contributed by atoms with van der Waals surface area (Å²) in [4.78, 5) is 10.0. The van der Waals surface area contributed by atoms with Gasteiger partial charge in [-0.3, -0.25) is 4.79 Å². The van der Waals surface area contributed by atoms with Crippen LogP contribution < -0.4 is 0 Å². The van der Waals surface area contributed by atoms with Gasteiger partial charge in [-0.2, -0.15) is 0 Å². The highest BCUT2D eigenvalue weighted by atomic mass is 16.6. The molecule has 0 unspecified atom stereocenters. The molecule has 0 atom stereocenters. The van der Waals surface area contributed by atoms with E-state index in [4.69, 9.17) is 9.47 Å². The fourth-order valence-corrected chi connectivity index (χ4v) is 0.729. The van der Waals surface area contributed by atoms with Crippen molar-refractivity contribution in [3.8, 4) is 0 Å². The maximum atomic E-state index is 10.0. The van der Waals surface area contributed by atoms with Gasteiger partial charge in [-0.15, -0.1) is 0 Å². The second kappa shape index (κ2) is 6.00. The van der Waals surface area contributed by atoms with Crippen molar-refractivity contribution in [2.75, 3.05) is 13.2 Å². The van der Waals surface area contributed by atoms with Crippen molar-refractivity contribution in [2.24, 2.45) is 0 Å². The lowest BCUT2D eigenvalue weighted by Gasteiger charge is -2.21. The summed E-state index contributed by atoms with van der Waals surface area (Å²) < 4.78 is 10.1. The lowest BCUT2D eigenvalue weighted by atomic mass is 10.1. The Kier molecular flexibility index (Phi) is 5.72. The summed E-state index contributed by atoms with van der Waals surface area (Å²) in [5.74, 6) is 0. The van der Waals surface area contributed by atoms with E-state index in [1.54, 1.807) is 0 Å². The topological polar surface area (TPSA) is 35.5 Å². The Bertz CT molecular complexity index is 121. The highest BCUT2D eigenvalue weighted by molar-refractivity contribution is 5.38. The molecule has 0 aliphatic rings. The average Bonchev–Trinajstić information content (AvgIpc) is 1.98. The first-order chi connectivity index (χ1) is 5.62. The van der Waals surface area contributed by atoms with Crippen LogP contribution in [0.5, 0.6) is 0 Å². The average molecular weight is 174 g/mol. The van der Waals surface area contributed by atoms with Gasteiger partial charge in [-0.25, -0.2) is 0 Å². The summed E-state index contributed by atoms with van der Waals surface area (Å²) in [5, 5.41) is 0. The maximum absolute atomic E-state index is 10.0. The number of hydrogen-bond donors (Lipinski definition) is 0. The SMILES string of the molecule is CCCCOCC(C)(C)OC=O. The van der Waals surface area contributed by atoms with Crippen LogP contribution in [0.25, 0.3) is 0 Å². The molecule has 3 nitrogen and oxygen atoms in total. The molecule has 0 spiro atoms. The summed E-state index contributed by atoms with van der Waals surface area (Å²) in [6, 6.07) is 0. The van der Waals surface area contributed by atoms with E-state index in [-0.39, 0.29) is 0 Å². The largest absolute Gasteiger partial charge is 0.459 e. The molecular formula is C9H18O3. The van der Waals surface area contributed by atoms with E-state index in [0.29, 0.717) is 13.1 Å². The fraction of sp³-hybridized carbons (Fsp3) is 0.889. The van der Waals surface area contributed by atoms with E-state index in [2.05, 4.69) is 6.92 Å². The predicted molar refractivity (Wildman–Crippen MR) is 47.0 cm³/mol. The van der Waals surface area contributed by atoms with Gasteiger partial charge >= 0.3 is 0 Å². The molecule has 0 heterocycles. The number of rotatable bonds is 7. The van der Waals surface area contributed by atoms with Crippen molar-refractivity contribution >= 4 is 6.47 Å². The first kappa shape index (κ1) is 11.4. The number of hydrogen-bond acceptors (Lipinski definition) is 3. The molecule has 0 fully saturated rings. The predicted octanol–water partition coefficient (Wildman–Crippen LogP) is 1.75. The van der Waals surface area contributed by atoms with E-state index in [1.165, 1.54) is 0 Å². The lowest BCUT2D eigenvalue weighted by molar-refractivity contribution is -0.146. The highest BCUT2D eigenvalue weighted by Crippen LogP contribution is 2.07. The van der Waals surface area contributed by atoms with Crippen LogP contribution >= 0.6 is 0 Å². The van der Waals surface area contributed by atoms with Crippen molar-refractivity contribution < 1.29 is 14.3 Å². The molecule has 0 rings (SSSR count). The second-order valence-electron chi connectivity index (χ2n) is 3.38. The van der Waals surface area contributed by atoms with E-state index in [0.717, 1.165) is 19.4 Å². The van der Waals surface area contributed by atoms with Crippen molar-refractivity contribution in [3.63, 3.8) is 0 Å². The first-order valence-corrected chi connectivity index (χ1v) is 4.31. The van der Waals surface area contributed by atoms with Gasteiger partial charge in [0.2, 0.25) is 0 Å². The number of unbranched alkanes of at least 4 members (excludes halogenated alkanes) is 1. The first-order valence-electron chi connectivity index (χ1n) is 4.31. The van der Waals surface area contributed by atoms with Crippen LogP contribution in [0.2, 0.25) is 0 Å². The Morgan fingerprint density at radius 1 is 1.42 bits per heavy atom. The molecule has 3 heteroatoms. The molecule has 0 aromatic heterocycles. The summed E-state index contributed by atoms with van der Waals surface area (Å²) >= 11 is 0. The third-order valence-corrected chi connectivity index (χ3v) is 1.46. The van der Waals surface area contributed by atoms with Crippen LogP contribution in [-0.2, 0) is 14.3 Å². The zero-order valence-corrected chi connectivity index (χ0v) is 8.13. The third kappa shape index (κ3) is 6.16. The van der Waals surface area contributed by atoms with E-state index in [1.807, 2.05) is 13.8 Å². The Hall–Kier alpha value is -0.570. The summed E-state index contributed by atoms with van der Waals surface area (Å²) in [7, 11) is 0. The molecule has 72 valence electrons. The van der Waals surface area contributed by atoms with Gasteiger partial charge in [0.1, 0.15) is 5.60 Å². The minimum absolute atomic E-state index is 0.461. The fourth-order valence-electron chi connectivity index (χ4n) is 0.729. The van der Waals surface area contributed by atoms with Gasteiger partial charge in [0.05, 0.1) is 6.61 Å². The van der Waals surface area contributed by atoms with E-state index in [9.17, 15) is 4.79 Å². The van der Waals surface area contributed by atoms with Gasteiger partial charge in [0.15, 0.2) is 0 Å². The Balaban J connectivity index is 3.39. The molecule has 0 amide bonds. The van der Waals surface area contributed by atoms with Crippen molar-refractivity contribution in [1.29, 1.82) is 0 Å². The van der Waals surface area contributed by atoms with Crippen molar-refractivity contribution in [1.82, 2.24) is 0 Å². The molecule has 12 heavy (non-hydrogen) atoms. The smallest absolute Gasteiger partial charge is 0.293 e. The molecule has 0 N–H and O–H groups in total. The number of carbonyl (C=O) groups is 1. The van der Waals surface area contributed by atoms with Gasteiger partial charge in [-0.05, 0) is 20.3 Å². The van der Waals surface area contributed by atoms with Crippen LogP contribution in [-0.4, -0.2) is 25.3 Å². The Morgan fingerprint density at radius 2 is 2.08 bits per heavy atom. The zero-order valence-electron chi connectivity index (χ0n) is 8.13. The minimum atomic E-state index is -0.491. The van der Waals surface area contributed by atoms with E-state index >= 15 is 0 Å². The lowest BCUT2D eigenvalue weighted by Crippen LogP contribution is -2.30. The number of ether oxygens (including phenoxy) is 2. The van der Waals surface area contributed by atoms with Crippen LogP contribution in [0.15, 0.2) is 0 Å². The zero-order chi connectivity index (χ0) is 9.45. The normalized spacial score (nSPS) is 11.2. The molecule has 0 saturated heterocycles. The van der Waals surface area contributed by atoms with Gasteiger partial charge < -0.3 is 9.47 Å².